The number of aryl methyl sites for hydroxylation is 1. The zero-order chi connectivity index (χ0) is 20.2. The highest BCUT2D eigenvalue weighted by Gasteiger charge is 2.21. The van der Waals surface area contributed by atoms with Crippen molar-refractivity contribution in [3.05, 3.63) is 66.4 Å². The van der Waals surface area contributed by atoms with Gasteiger partial charge in [0.1, 0.15) is 5.82 Å². The lowest BCUT2D eigenvalue weighted by Crippen LogP contribution is -2.23. The molecule has 7 heteroatoms. The Labute approximate surface area is 167 Å². The van der Waals surface area contributed by atoms with E-state index in [1.54, 1.807) is 35.2 Å². The van der Waals surface area contributed by atoms with E-state index >= 15 is 0 Å². The van der Waals surface area contributed by atoms with Crippen molar-refractivity contribution >= 4 is 23.2 Å². The van der Waals surface area contributed by atoms with Gasteiger partial charge < -0.3 is 14.6 Å². The third-order valence-electron chi connectivity index (χ3n) is 4.77. The third-order valence-corrected chi connectivity index (χ3v) is 4.77. The fourth-order valence-corrected chi connectivity index (χ4v) is 3.33. The number of nitrogens with zero attached hydrogens (tertiary/aromatic N) is 2. The van der Waals surface area contributed by atoms with Gasteiger partial charge in [-0.1, -0.05) is 18.2 Å². The smallest absolute Gasteiger partial charge is 0.227 e. The van der Waals surface area contributed by atoms with Crippen molar-refractivity contribution < 1.29 is 18.4 Å². The van der Waals surface area contributed by atoms with Crippen LogP contribution in [0.1, 0.15) is 25.2 Å². The van der Waals surface area contributed by atoms with Gasteiger partial charge in [-0.15, -0.1) is 0 Å². The number of amides is 2. The summed E-state index contributed by atoms with van der Waals surface area (Å²) in [5.74, 6) is 0.226. The van der Waals surface area contributed by atoms with E-state index < -0.39 is 0 Å². The molecular formula is C22H20FN3O3. The first-order chi connectivity index (χ1) is 14.1. The van der Waals surface area contributed by atoms with Crippen LogP contribution in [0, 0.1) is 5.82 Å². The Morgan fingerprint density at radius 3 is 2.86 bits per heavy atom. The SMILES string of the molecule is O=C(CCc1ncc(-c2ccccc2F)o1)Nc1cccc(N2CCCC2=O)c1. The predicted octanol–water partition coefficient (Wildman–Crippen LogP) is 4.18. The standard InChI is InChI=1S/C22H20FN3O3/c23-18-8-2-1-7-17(18)19-14-24-21(29-19)11-10-20(27)25-15-5-3-6-16(13-15)26-12-4-9-22(26)28/h1-3,5-8,13-14H,4,9-12H2,(H,25,27). The summed E-state index contributed by atoms with van der Waals surface area (Å²) in [5.41, 5.74) is 1.75. The molecule has 1 saturated heterocycles. The van der Waals surface area contributed by atoms with E-state index in [1.807, 2.05) is 12.1 Å². The molecular weight excluding hydrogens is 373 g/mol. The van der Waals surface area contributed by atoms with Gasteiger partial charge in [-0.05, 0) is 36.8 Å². The van der Waals surface area contributed by atoms with Gasteiger partial charge in [-0.3, -0.25) is 9.59 Å². The molecule has 0 radical (unpaired) electrons. The third kappa shape index (κ3) is 4.34. The molecule has 2 heterocycles. The van der Waals surface area contributed by atoms with Crippen molar-refractivity contribution in [1.82, 2.24) is 4.98 Å². The molecule has 148 valence electrons. The Bertz CT molecular complexity index is 1050. The first-order valence-electron chi connectivity index (χ1n) is 9.50. The molecule has 3 aromatic rings. The van der Waals surface area contributed by atoms with Crippen molar-refractivity contribution in [3.8, 4) is 11.3 Å². The fraction of sp³-hybridized carbons (Fsp3) is 0.227. The summed E-state index contributed by atoms with van der Waals surface area (Å²) in [5, 5.41) is 2.83. The van der Waals surface area contributed by atoms with Gasteiger partial charge in [0.25, 0.3) is 0 Å². The lowest BCUT2D eigenvalue weighted by molar-refractivity contribution is -0.117. The Morgan fingerprint density at radius 1 is 1.21 bits per heavy atom. The van der Waals surface area contributed by atoms with Crippen molar-refractivity contribution in [2.45, 2.75) is 25.7 Å². The van der Waals surface area contributed by atoms with E-state index in [-0.39, 0.29) is 24.1 Å². The summed E-state index contributed by atoms with van der Waals surface area (Å²) >= 11 is 0. The van der Waals surface area contributed by atoms with Gasteiger partial charge in [0.15, 0.2) is 11.7 Å². The highest BCUT2D eigenvalue weighted by Crippen LogP contribution is 2.25. The van der Waals surface area contributed by atoms with E-state index in [4.69, 9.17) is 4.42 Å². The van der Waals surface area contributed by atoms with E-state index in [2.05, 4.69) is 10.3 Å². The number of carbonyl (C=O) groups excluding carboxylic acids is 2. The van der Waals surface area contributed by atoms with Gasteiger partial charge in [0, 0.05) is 37.2 Å². The van der Waals surface area contributed by atoms with Gasteiger partial charge in [-0.2, -0.15) is 0 Å². The van der Waals surface area contributed by atoms with Gasteiger partial charge >= 0.3 is 0 Å². The van der Waals surface area contributed by atoms with Crippen molar-refractivity contribution in [2.75, 3.05) is 16.8 Å². The zero-order valence-corrected chi connectivity index (χ0v) is 15.7. The van der Waals surface area contributed by atoms with Crippen molar-refractivity contribution in [3.63, 3.8) is 0 Å². The minimum Gasteiger partial charge on any atom is -0.441 e. The van der Waals surface area contributed by atoms with Crippen LogP contribution in [0.5, 0.6) is 0 Å². The second-order valence-corrected chi connectivity index (χ2v) is 6.85. The Balaban J connectivity index is 1.35. The zero-order valence-electron chi connectivity index (χ0n) is 15.7. The maximum atomic E-state index is 13.8. The summed E-state index contributed by atoms with van der Waals surface area (Å²) < 4.78 is 19.4. The maximum absolute atomic E-state index is 13.8. The maximum Gasteiger partial charge on any atom is 0.227 e. The highest BCUT2D eigenvalue weighted by molar-refractivity contribution is 5.97. The lowest BCUT2D eigenvalue weighted by Gasteiger charge is -2.16. The number of aromatic nitrogens is 1. The molecule has 0 spiro atoms. The minimum absolute atomic E-state index is 0.100. The first kappa shape index (κ1) is 18.9. The van der Waals surface area contributed by atoms with Crippen LogP contribution < -0.4 is 10.2 Å². The molecule has 1 aliphatic rings. The number of oxazole rings is 1. The average Bonchev–Trinajstić information content (AvgIpc) is 3.36. The molecule has 6 nitrogen and oxygen atoms in total. The molecule has 1 N–H and O–H groups in total. The summed E-state index contributed by atoms with van der Waals surface area (Å²) in [6, 6.07) is 13.5. The normalized spacial score (nSPS) is 13.7. The molecule has 0 atom stereocenters. The lowest BCUT2D eigenvalue weighted by atomic mass is 10.2. The number of halogens is 1. The highest BCUT2D eigenvalue weighted by atomic mass is 19.1. The molecule has 2 amide bonds. The number of benzene rings is 2. The van der Waals surface area contributed by atoms with Crippen molar-refractivity contribution in [1.29, 1.82) is 0 Å². The summed E-state index contributed by atoms with van der Waals surface area (Å²) in [6.07, 6.45) is 3.33. The van der Waals surface area contributed by atoms with Crippen LogP contribution in [-0.4, -0.2) is 23.3 Å². The summed E-state index contributed by atoms with van der Waals surface area (Å²) in [6.45, 7) is 0.699. The number of hydrogen-bond donors (Lipinski definition) is 1. The van der Waals surface area contributed by atoms with E-state index in [0.29, 0.717) is 42.3 Å². The van der Waals surface area contributed by atoms with Crippen LogP contribution in [0.4, 0.5) is 15.8 Å². The molecule has 4 rings (SSSR count). The summed E-state index contributed by atoms with van der Waals surface area (Å²) in [7, 11) is 0. The Morgan fingerprint density at radius 2 is 2.07 bits per heavy atom. The van der Waals surface area contributed by atoms with Crippen LogP contribution in [0.2, 0.25) is 0 Å². The van der Waals surface area contributed by atoms with Gasteiger partial charge in [0.2, 0.25) is 11.8 Å². The van der Waals surface area contributed by atoms with E-state index in [9.17, 15) is 14.0 Å². The number of carbonyl (C=O) groups is 2. The molecule has 0 saturated carbocycles. The quantitative estimate of drug-likeness (QED) is 0.682. The van der Waals surface area contributed by atoms with Crippen LogP contribution in [0.15, 0.2) is 59.1 Å². The summed E-state index contributed by atoms with van der Waals surface area (Å²) in [4.78, 5) is 30.0. The number of nitrogens with one attached hydrogen (secondary N) is 1. The van der Waals surface area contributed by atoms with Crippen LogP contribution in [0.3, 0.4) is 0 Å². The second kappa shape index (κ2) is 8.26. The van der Waals surface area contributed by atoms with Crippen LogP contribution >= 0.6 is 0 Å². The molecule has 2 aromatic carbocycles. The molecule has 0 unspecified atom stereocenters. The molecule has 1 aliphatic heterocycles. The second-order valence-electron chi connectivity index (χ2n) is 6.85. The monoisotopic (exact) mass is 393 g/mol. The molecule has 1 aromatic heterocycles. The molecule has 0 bridgehead atoms. The average molecular weight is 393 g/mol. The molecule has 0 aliphatic carbocycles. The van der Waals surface area contributed by atoms with Crippen LogP contribution in [-0.2, 0) is 16.0 Å². The van der Waals surface area contributed by atoms with E-state index in [1.165, 1.54) is 12.3 Å². The van der Waals surface area contributed by atoms with E-state index in [0.717, 1.165) is 12.1 Å². The number of rotatable bonds is 6. The largest absolute Gasteiger partial charge is 0.441 e. The molecule has 29 heavy (non-hydrogen) atoms. The Kier molecular flexibility index (Phi) is 5.37. The Hall–Kier alpha value is -3.48. The predicted molar refractivity (Wildman–Crippen MR) is 107 cm³/mol. The minimum atomic E-state index is -0.385. The fourth-order valence-electron chi connectivity index (χ4n) is 3.33. The van der Waals surface area contributed by atoms with Gasteiger partial charge in [0.05, 0.1) is 11.8 Å². The molecule has 1 fully saturated rings. The van der Waals surface area contributed by atoms with Crippen LogP contribution in [0.25, 0.3) is 11.3 Å². The first-order valence-corrected chi connectivity index (χ1v) is 9.50. The number of anilines is 2. The van der Waals surface area contributed by atoms with Gasteiger partial charge in [-0.25, -0.2) is 9.37 Å². The van der Waals surface area contributed by atoms with Crippen molar-refractivity contribution in [2.24, 2.45) is 0 Å². The number of hydrogen-bond acceptors (Lipinski definition) is 4. The topological polar surface area (TPSA) is 75.4 Å².